The zero-order valence-corrected chi connectivity index (χ0v) is 12.7. The second-order valence-electron chi connectivity index (χ2n) is 5.26. The van der Waals surface area contributed by atoms with Crippen molar-refractivity contribution in [1.29, 1.82) is 0 Å². The number of hydrogen-bond donors (Lipinski definition) is 1. The van der Waals surface area contributed by atoms with Gasteiger partial charge in [-0.3, -0.25) is 0 Å². The normalized spacial score (nSPS) is 11.8. The van der Waals surface area contributed by atoms with Gasteiger partial charge in [0, 0.05) is 12.6 Å². The van der Waals surface area contributed by atoms with Crippen LogP contribution >= 0.6 is 0 Å². The Balaban J connectivity index is 2.94. The van der Waals surface area contributed by atoms with Crippen molar-refractivity contribution in [3.63, 3.8) is 0 Å². The van der Waals surface area contributed by atoms with Crippen LogP contribution < -0.4 is 10.1 Å². The molecule has 0 fully saturated rings. The van der Waals surface area contributed by atoms with Gasteiger partial charge in [-0.2, -0.15) is 13.2 Å². The lowest BCUT2D eigenvalue weighted by Crippen LogP contribution is -2.22. The van der Waals surface area contributed by atoms with Crippen molar-refractivity contribution in [3.8, 4) is 5.75 Å². The van der Waals surface area contributed by atoms with Gasteiger partial charge >= 0.3 is 6.18 Å². The maximum atomic E-state index is 13.1. The van der Waals surface area contributed by atoms with E-state index in [2.05, 4.69) is 11.9 Å². The first-order valence-electron chi connectivity index (χ1n) is 6.97. The van der Waals surface area contributed by atoms with Gasteiger partial charge in [-0.1, -0.05) is 33.4 Å². The van der Waals surface area contributed by atoms with Crippen LogP contribution in [0.1, 0.15) is 38.3 Å². The summed E-state index contributed by atoms with van der Waals surface area (Å²) in [5.74, 6) is -0.148. The summed E-state index contributed by atoms with van der Waals surface area (Å²) in [4.78, 5) is 0. The number of nitrogens with one attached hydrogen (secondary N) is 1. The minimum absolute atomic E-state index is 0.100. The lowest BCUT2D eigenvalue weighted by molar-refractivity contribution is -0.138. The Kier molecular flexibility index (Phi) is 6.27. The maximum Gasteiger partial charge on any atom is 0.419 e. The second-order valence-corrected chi connectivity index (χ2v) is 5.26. The predicted octanol–water partition coefficient (Wildman–Crippen LogP) is 4.55. The van der Waals surface area contributed by atoms with Crippen molar-refractivity contribution in [2.75, 3.05) is 6.61 Å². The molecule has 118 valence electrons. The van der Waals surface area contributed by atoms with Crippen LogP contribution in [-0.2, 0) is 12.7 Å². The minimum atomic E-state index is -4.43. The first-order chi connectivity index (χ1) is 9.74. The fourth-order valence-corrected chi connectivity index (χ4v) is 1.64. The summed E-state index contributed by atoms with van der Waals surface area (Å²) < 4.78 is 44.6. The lowest BCUT2D eigenvalue weighted by atomic mass is 10.1. The van der Waals surface area contributed by atoms with Gasteiger partial charge in [0.1, 0.15) is 12.4 Å². The van der Waals surface area contributed by atoms with E-state index < -0.39 is 11.7 Å². The molecule has 0 radical (unpaired) electrons. The quantitative estimate of drug-likeness (QED) is 0.746. The SMILES string of the molecule is C=C(CC)COc1ccc(CNC(C)C)cc1C(F)(F)F. The van der Waals surface area contributed by atoms with E-state index in [0.29, 0.717) is 18.5 Å². The Morgan fingerprint density at radius 1 is 1.33 bits per heavy atom. The molecule has 0 unspecified atom stereocenters. The lowest BCUT2D eigenvalue weighted by Gasteiger charge is -2.16. The van der Waals surface area contributed by atoms with Crippen LogP contribution in [0.15, 0.2) is 30.4 Å². The summed E-state index contributed by atoms with van der Waals surface area (Å²) in [7, 11) is 0. The third-order valence-electron chi connectivity index (χ3n) is 3.00. The molecule has 0 bridgehead atoms. The molecule has 1 rings (SSSR count). The summed E-state index contributed by atoms with van der Waals surface area (Å²) in [6.45, 7) is 9.99. The largest absolute Gasteiger partial charge is 0.489 e. The number of benzene rings is 1. The molecule has 0 spiro atoms. The van der Waals surface area contributed by atoms with Crippen LogP contribution in [0.25, 0.3) is 0 Å². The fourth-order valence-electron chi connectivity index (χ4n) is 1.64. The second kappa shape index (κ2) is 7.50. The van der Waals surface area contributed by atoms with Crippen LogP contribution in [0.5, 0.6) is 5.75 Å². The van der Waals surface area contributed by atoms with Crippen molar-refractivity contribution >= 4 is 0 Å². The van der Waals surface area contributed by atoms with E-state index in [1.165, 1.54) is 6.07 Å². The number of alkyl halides is 3. The highest BCUT2D eigenvalue weighted by Gasteiger charge is 2.34. The average Bonchev–Trinajstić information content (AvgIpc) is 2.41. The van der Waals surface area contributed by atoms with Crippen molar-refractivity contribution < 1.29 is 17.9 Å². The molecule has 0 aromatic heterocycles. The molecule has 0 saturated carbocycles. The average molecular weight is 301 g/mol. The molecule has 2 nitrogen and oxygen atoms in total. The fraction of sp³-hybridized carbons (Fsp3) is 0.500. The van der Waals surface area contributed by atoms with Gasteiger partial charge in [0.25, 0.3) is 0 Å². The smallest absolute Gasteiger partial charge is 0.419 e. The molecule has 1 N–H and O–H groups in total. The molecule has 0 aliphatic carbocycles. The van der Waals surface area contributed by atoms with Crippen molar-refractivity contribution in [2.45, 2.75) is 46.0 Å². The molecule has 0 saturated heterocycles. The molecular weight excluding hydrogens is 279 g/mol. The predicted molar refractivity (Wildman–Crippen MR) is 78.3 cm³/mol. The Morgan fingerprint density at radius 2 is 2.00 bits per heavy atom. The zero-order valence-electron chi connectivity index (χ0n) is 12.7. The molecule has 21 heavy (non-hydrogen) atoms. The number of halogens is 3. The molecule has 0 aliphatic rings. The molecule has 5 heteroatoms. The molecular formula is C16H22F3NO. The van der Waals surface area contributed by atoms with Gasteiger partial charge in [-0.15, -0.1) is 0 Å². The Hall–Kier alpha value is -1.49. The number of rotatable bonds is 7. The first kappa shape index (κ1) is 17.6. The van der Waals surface area contributed by atoms with E-state index >= 15 is 0 Å². The Bertz CT molecular complexity index is 481. The summed E-state index contributed by atoms with van der Waals surface area (Å²) >= 11 is 0. The van der Waals surface area contributed by atoms with E-state index in [-0.39, 0.29) is 18.4 Å². The van der Waals surface area contributed by atoms with E-state index in [1.54, 1.807) is 6.07 Å². The van der Waals surface area contributed by atoms with Crippen LogP contribution in [0.2, 0.25) is 0 Å². The first-order valence-corrected chi connectivity index (χ1v) is 6.97. The Morgan fingerprint density at radius 3 is 2.52 bits per heavy atom. The molecule has 0 aliphatic heterocycles. The van der Waals surface area contributed by atoms with Crippen LogP contribution in [0, 0.1) is 0 Å². The highest BCUT2D eigenvalue weighted by molar-refractivity contribution is 5.39. The Labute approximate surface area is 124 Å². The van der Waals surface area contributed by atoms with Crippen LogP contribution in [-0.4, -0.2) is 12.6 Å². The van der Waals surface area contributed by atoms with Gasteiger partial charge in [0.2, 0.25) is 0 Å². The standard InChI is InChI=1S/C16H22F3NO/c1-5-12(4)10-21-15-7-6-13(9-20-11(2)3)8-14(15)16(17,18)19/h6-8,11,20H,4-5,9-10H2,1-3H3. The van der Waals surface area contributed by atoms with Gasteiger partial charge in [-0.25, -0.2) is 0 Å². The van der Waals surface area contributed by atoms with Crippen molar-refractivity contribution in [1.82, 2.24) is 5.32 Å². The summed E-state index contributed by atoms with van der Waals surface area (Å²) in [5, 5.41) is 3.10. The highest BCUT2D eigenvalue weighted by Crippen LogP contribution is 2.37. The summed E-state index contributed by atoms with van der Waals surface area (Å²) in [5.41, 5.74) is 0.598. The van der Waals surface area contributed by atoms with Crippen LogP contribution in [0.3, 0.4) is 0 Å². The maximum absolute atomic E-state index is 13.1. The van der Waals surface area contributed by atoms with E-state index in [0.717, 1.165) is 11.6 Å². The minimum Gasteiger partial charge on any atom is -0.489 e. The molecule has 0 amide bonds. The topological polar surface area (TPSA) is 21.3 Å². The van der Waals surface area contributed by atoms with Gasteiger partial charge in [0.15, 0.2) is 0 Å². The van der Waals surface area contributed by atoms with Crippen molar-refractivity contribution in [3.05, 3.63) is 41.5 Å². The van der Waals surface area contributed by atoms with E-state index in [1.807, 2.05) is 20.8 Å². The number of ether oxygens (including phenoxy) is 1. The molecule has 0 heterocycles. The third kappa shape index (κ3) is 5.79. The van der Waals surface area contributed by atoms with Gasteiger partial charge in [0.05, 0.1) is 5.56 Å². The van der Waals surface area contributed by atoms with Gasteiger partial charge in [-0.05, 0) is 29.7 Å². The zero-order chi connectivity index (χ0) is 16.0. The van der Waals surface area contributed by atoms with Gasteiger partial charge < -0.3 is 10.1 Å². The molecule has 1 aromatic rings. The summed E-state index contributed by atoms with van der Waals surface area (Å²) in [6, 6.07) is 4.38. The number of hydrogen-bond acceptors (Lipinski definition) is 2. The van der Waals surface area contributed by atoms with E-state index in [9.17, 15) is 13.2 Å². The molecule has 1 aromatic carbocycles. The van der Waals surface area contributed by atoms with Crippen LogP contribution in [0.4, 0.5) is 13.2 Å². The molecule has 0 atom stereocenters. The van der Waals surface area contributed by atoms with E-state index in [4.69, 9.17) is 4.74 Å². The van der Waals surface area contributed by atoms with Crippen molar-refractivity contribution in [2.24, 2.45) is 0 Å². The monoisotopic (exact) mass is 301 g/mol. The summed E-state index contributed by atoms with van der Waals surface area (Å²) in [6.07, 6.45) is -3.76. The highest BCUT2D eigenvalue weighted by atomic mass is 19.4. The third-order valence-corrected chi connectivity index (χ3v) is 3.00.